The summed E-state index contributed by atoms with van der Waals surface area (Å²) in [6.07, 6.45) is 8.89. The van der Waals surface area contributed by atoms with E-state index in [9.17, 15) is 9.59 Å². The van der Waals surface area contributed by atoms with Gasteiger partial charge in [-0.15, -0.1) is 0 Å². The minimum Gasteiger partial charge on any atom is -0.494 e. The Bertz CT molecular complexity index is 557. The topological polar surface area (TPSA) is 72.8 Å². The first-order valence-electron chi connectivity index (χ1n) is 9.96. The first-order valence-corrected chi connectivity index (χ1v) is 9.96. The number of carbonyl (C=O) groups is 2. The second-order valence-corrected chi connectivity index (χ2v) is 7.85. The van der Waals surface area contributed by atoms with Crippen molar-refractivity contribution < 1.29 is 24.2 Å². The van der Waals surface area contributed by atoms with Crippen molar-refractivity contribution in [3.8, 4) is 5.75 Å². The molecule has 1 N–H and O–H groups in total. The lowest BCUT2D eigenvalue weighted by molar-refractivity contribution is -0.137. The van der Waals surface area contributed by atoms with E-state index in [4.69, 9.17) is 14.6 Å². The maximum atomic E-state index is 12.0. The molecule has 0 aromatic heterocycles. The fourth-order valence-electron chi connectivity index (χ4n) is 2.65. The van der Waals surface area contributed by atoms with Crippen LogP contribution in [-0.4, -0.2) is 29.3 Å². The van der Waals surface area contributed by atoms with Gasteiger partial charge in [-0.2, -0.15) is 0 Å². The number of carboxylic acids is 1. The van der Waals surface area contributed by atoms with Crippen LogP contribution in [0.3, 0.4) is 0 Å². The van der Waals surface area contributed by atoms with Crippen LogP contribution in [0.5, 0.6) is 5.75 Å². The molecule has 1 aromatic carbocycles. The number of carboxylic acid groups (broad SMARTS) is 1. The molecule has 0 spiro atoms. The first kappa shape index (κ1) is 23.0. The molecule has 0 amide bonds. The van der Waals surface area contributed by atoms with Crippen LogP contribution in [0.1, 0.15) is 88.9 Å². The molecule has 0 aliphatic rings. The number of unbranched alkanes of at least 4 members (excludes halogenated alkanes) is 7. The zero-order valence-corrected chi connectivity index (χ0v) is 17.0. The number of aliphatic carboxylic acids is 1. The van der Waals surface area contributed by atoms with Crippen molar-refractivity contribution in [2.24, 2.45) is 0 Å². The molecule has 0 aliphatic carbocycles. The molecule has 1 rings (SSSR count). The Labute approximate surface area is 163 Å². The van der Waals surface area contributed by atoms with Crippen LogP contribution < -0.4 is 4.74 Å². The van der Waals surface area contributed by atoms with Crippen LogP contribution in [0.15, 0.2) is 24.3 Å². The minimum atomic E-state index is -0.700. The molecule has 0 atom stereocenters. The van der Waals surface area contributed by atoms with Crippen LogP contribution in [-0.2, 0) is 9.53 Å². The average Bonchev–Trinajstić information content (AvgIpc) is 2.58. The zero-order chi connectivity index (χ0) is 20.1. The lowest BCUT2D eigenvalue weighted by atomic mass is 10.1. The molecule has 0 saturated carbocycles. The summed E-state index contributed by atoms with van der Waals surface area (Å²) < 4.78 is 11.1. The van der Waals surface area contributed by atoms with Crippen molar-refractivity contribution in [3.05, 3.63) is 29.8 Å². The predicted octanol–water partition coefficient (Wildman–Crippen LogP) is 5.62. The highest BCUT2D eigenvalue weighted by Gasteiger charge is 2.17. The van der Waals surface area contributed by atoms with E-state index in [2.05, 4.69) is 0 Å². The molecule has 0 heterocycles. The largest absolute Gasteiger partial charge is 0.494 e. The Morgan fingerprint density at radius 3 is 1.89 bits per heavy atom. The van der Waals surface area contributed by atoms with Crippen molar-refractivity contribution in [3.63, 3.8) is 0 Å². The lowest BCUT2D eigenvalue weighted by Gasteiger charge is -2.19. The Morgan fingerprint density at radius 2 is 1.37 bits per heavy atom. The van der Waals surface area contributed by atoms with Crippen molar-refractivity contribution in [1.82, 2.24) is 0 Å². The van der Waals surface area contributed by atoms with E-state index < -0.39 is 11.6 Å². The Kier molecular flexibility index (Phi) is 10.5. The molecule has 0 unspecified atom stereocenters. The third-order valence-electron chi connectivity index (χ3n) is 4.04. The van der Waals surface area contributed by atoms with E-state index in [0.29, 0.717) is 12.2 Å². The normalized spacial score (nSPS) is 11.2. The maximum Gasteiger partial charge on any atom is 0.338 e. The van der Waals surface area contributed by atoms with E-state index in [-0.39, 0.29) is 12.4 Å². The average molecular weight is 379 g/mol. The van der Waals surface area contributed by atoms with Crippen molar-refractivity contribution in [2.75, 3.05) is 6.61 Å². The van der Waals surface area contributed by atoms with Gasteiger partial charge in [0.15, 0.2) is 0 Å². The Morgan fingerprint density at radius 1 is 0.852 bits per heavy atom. The molecule has 0 bridgehead atoms. The van der Waals surface area contributed by atoms with E-state index in [1.807, 2.05) is 20.8 Å². The van der Waals surface area contributed by atoms with Crippen LogP contribution in [0, 0.1) is 0 Å². The number of esters is 1. The molecule has 1 aromatic rings. The van der Waals surface area contributed by atoms with Gasteiger partial charge in [0.05, 0.1) is 12.2 Å². The molecule has 5 nitrogen and oxygen atoms in total. The van der Waals surface area contributed by atoms with Crippen LogP contribution in [0.2, 0.25) is 0 Å². The molecular weight excluding hydrogens is 344 g/mol. The second kappa shape index (κ2) is 12.4. The number of carbonyl (C=O) groups excluding carboxylic acids is 1. The fourth-order valence-corrected chi connectivity index (χ4v) is 2.65. The predicted molar refractivity (Wildman–Crippen MR) is 106 cm³/mol. The van der Waals surface area contributed by atoms with Gasteiger partial charge in [-0.25, -0.2) is 4.79 Å². The lowest BCUT2D eigenvalue weighted by Crippen LogP contribution is -2.23. The van der Waals surface area contributed by atoms with Gasteiger partial charge in [-0.05, 0) is 57.9 Å². The molecule has 27 heavy (non-hydrogen) atoms. The standard InChI is InChI=1S/C22H34O5/c1-22(2,3)27-21(25)18-13-15-19(16-14-18)26-17-11-9-7-5-4-6-8-10-12-20(23)24/h13-16H,4-12,17H2,1-3H3,(H,23,24). The molecular formula is C22H34O5. The summed E-state index contributed by atoms with van der Waals surface area (Å²) in [5.74, 6) is -0.257. The third-order valence-corrected chi connectivity index (χ3v) is 4.04. The smallest absolute Gasteiger partial charge is 0.338 e. The Balaban J connectivity index is 2.07. The van der Waals surface area contributed by atoms with Crippen molar-refractivity contribution in [2.45, 2.75) is 84.2 Å². The number of benzene rings is 1. The van der Waals surface area contributed by atoms with E-state index in [0.717, 1.165) is 37.9 Å². The van der Waals surface area contributed by atoms with Crippen LogP contribution in [0.25, 0.3) is 0 Å². The van der Waals surface area contributed by atoms with E-state index in [1.165, 1.54) is 19.3 Å². The molecule has 0 radical (unpaired) electrons. The van der Waals surface area contributed by atoms with Gasteiger partial charge in [0, 0.05) is 6.42 Å². The highest BCUT2D eigenvalue weighted by molar-refractivity contribution is 5.89. The fraction of sp³-hybridized carbons (Fsp3) is 0.636. The Hall–Kier alpha value is -2.04. The van der Waals surface area contributed by atoms with Crippen LogP contribution in [0.4, 0.5) is 0 Å². The number of ether oxygens (including phenoxy) is 2. The first-order chi connectivity index (χ1) is 12.8. The summed E-state index contributed by atoms with van der Waals surface area (Å²) in [5, 5.41) is 8.56. The summed E-state index contributed by atoms with van der Waals surface area (Å²) in [4.78, 5) is 22.4. The number of rotatable bonds is 13. The third kappa shape index (κ3) is 12.1. The van der Waals surface area contributed by atoms with Gasteiger partial charge in [0.2, 0.25) is 0 Å². The highest BCUT2D eigenvalue weighted by Crippen LogP contribution is 2.17. The number of hydrogen-bond acceptors (Lipinski definition) is 4. The van der Waals surface area contributed by atoms with Gasteiger partial charge in [0.1, 0.15) is 11.4 Å². The summed E-state index contributed by atoms with van der Waals surface area (Å²) in [6.45, 7) is 6.22. The van der Waals surface area contributed by atoms with Crippen LogP contribution >= 0.6 is 0 Å². The van der Waals surface area contributed by atoms with Gasteiger partial charge in [-0.1, -0.05) is 38.5 Å². The molecule has 5 heteroatoms. The highest BCUT2D eigenvalue weighted by atomic mass is 16.6. The molecule has 0 saturated heterocycles. The van der Waals surface area contributed by atoms with E-state index in [1.54, 1.807) is 24.3 Å². The monoisotopic (exact) mass is 378 g/mol. The summed E-state index contributed by atoms with van der Waals surface area (Å²) in [5.41, 5.74) is 0.0330. The molecule has 0 fully saturated rings. The summed E-state index contributed by atoms with van der Waals surface area (Å²) in [6, 6.07) is 7.06. The van der Waals surface area contributed by atoms with Crippen molar-refractivity contribution >= 4 is 11.9 Å². The molecule has 0 aliphatic heterocycles. The maximum absolute atomic E-state index is 12.0. The summed E-state index contributed by atoms with van der Waals surface area (Å²) >= 11 is 0. The quantitative estimate of drug-likeness (QED) is 0.356. The molecule has 152 valence electrons. The van der Waals surface area contributed by atoms with E-state index >= 15 is 0 Å². The minimum absolute atomic E-state index is 0.288. The summed E-state index contributed by atoms with van der Waals surface area (Å²) in [7, 11) is 0. The van der Waals surface area contributed by atoms with Gasteiger partial charge in [0.25, 0.3) is 0 Å². The van der Waals surface area contributed by atoms with Gasteiger partial charge < -0.3 is 14.6 Å². The van der Waals surface area contributed by atoms with Gasteiger partial charge in [-0.3, -0.25) is 4.79 Å². The van der Waals surface area contributed by atoms with Gasteiger partial charge >= 0.3 is 11.9 Å². The SMILES string of the molecule is CC(C)(C)OC(=O)c1ccc(OCCCCCCCCCCC(=O)O)cc1. The van der Waals surface area contributed by atoms with Crippen molar-refractivity contribution in [1.29, 1.82) is 0 Å². The number of hydrogen-bond donors (Lipinski definition) is 1. The zero-order valence-electron chi connectivity index (χ0n) is 17.0. The second-order valence-electron chi connectivity index (χ2n) is 7.85.